The van der Waals surface area contributed by atoms with Gasteiger partial charge in [-0.05, 0) is 42.7 Å². The van der Waals surface area contributed by atoms with Crippen LogP contribution in [0, 0.1) is 0 Å². The average Bonchev–Trinajstić information content (AvgIpc) is 2.60. The maximum atomic E-state index is 12.0. The van der Waals surface area contributed by atoms with Gasteiger partial charge < -0.3 is 14.9 Å². The molecule has 126 valence electrons. The molecule has 0 fully saturated rings. The largest absolute Gasteiger partial charge is 0.508 e. The zero-order valence-electron chi connectivity index (χ0n) is 13.0. The number of hydrogen-bond acceptors (Lipinski definition) is 5. The second kappa shape index (κ2) is 8.69. The van der Waals surface area contributed by atoms with Crippen LogP contribution in [0.25, 0.3) is 0 Å². The van der Waals surface area contributed by atoms with Crippen LogP contribution in [0.15, 0.2) is 54.6 Å². The Bertz CT molecular complexity index is 670. The van der Waals surface area contributed by atoms with E-state index in [1.54, 1.807) is 42.5 Å². The van der Waals surface area contributed by atoms with E-state index in [-0.39, 0.29) is 12.4 Å². The maximum absolute atomic E-state index is 12.0. The van der Waals surface area contributed by atoms with E-state index in [1.807, 2.05) is 0 Å². The number of aliphatic hydroxyl groups excluding tert-OH is 1. The van der Waals surface area contributed by atoms with Crippen LogP contribution in [-0.4, -0.2) is 28.8 Å². The van der Waals surface area contributed by atoms with Gasteiger partial charge in [0.2, 0.25) is 0 Å². The highest BCUT2D eigenvalue weighted by molar-refractivity contribution is 6.02. The van der Waals surface area contributed by atoms with E-state index in [0.717, 1.165) is 0 Å². The van der Waals surface area contributed by atoms with Gasteiger partial charge in [0, 0.05) is 12.2 Å². The standard InChI is InChI=1S/C18H19NO5/c20-12-4-7-16(13-8-10-15(21)11-9-13)24-18(23)19-17(22)14-5-2-1-3-6-14/h1-3,5-6,8-11,16,20-21H,4,7,12H2,(H,19,22,23)/t16-/m0/s1. The zero-order chi connectivity index (χ0) is 17.4. The molecule has 0 heterocycles. The smallest absolute Gasteiger partial charge is 0.414 e. The van der Waals surface area contributed by atoms with Crippen molar-refractivity contribution in [3.8, 4) is 5.75 Å². The van der Waals surface area contributed by atoms with Crippen molar-refractivity contribution in [2.45, 2.75) is 18.9 Å². The lowest BCUT2D eigenvalue weighted by Gasteiger charge is -2.18. The molecule has 0 aliphatic heterocycles. The third kappa shape index (κ3) is 5.10. The molecular formula is C18H19NO5. The van der Waals surface area contributed by atoms with Gasteiger partial charge in [0.15, 0.2) is 0 Å². The molecule has 6 heteroatoms. The predicted octanol–water partition coefficient (Wildman–Crippen LogP) is 2.77. The fourth-order valence-corrected chi connectivity index (χ4v) is 2.17. The molecule has 0 unspecified atom stereocenters. The number of alkyl carbamates (subject to hydrolysis) is 1. The van der Waals surface area contributed by atoms with E-state index in [4.69, 9.17) is 9.84 Å². The summed E-state index contributed by atoms with van der Waals surface area (Å²) < 4.78 is 5.31. The van der Waals surface area contributed by atoms with Crippen molar-refractivity contribution < 1.29 is 24.5 Å². The van der Waals surface area contributed by atoms with Crippen LogP contribution >= 0.6 is 0 Å². The minimum Gasteiger partial charge on any atom is -0.508 e. The summed E-state index contributed by atoms with van der Waals surface area (Å²) in [7, 11) is 0. The number of carbonyl (C=O) groups excluding carboxylic acids is 2. The van der Waals surface area contributed by atoms with Gasteiger partial charge in [0.25, 0.3) is 5.91 Å². The number of imide groups is 1. The third-order valence-corrected chi connectivity index (χ3v) is 3.39. The van der Waals surface area contributed by atoms with E-state index in [0.29, 0.717) is 24.0 Å². The van der Waals surface area contributed by atoms with E-state index in [9.17, 15) is 14.7 Å². The number of ether oxygens (including phenoxy) is 1. The Labute approximate surface area is 139 Å². The Kier molecular flexibility index (Phi) is 6.33. The molecule has 2 aromatic rings. The highest BCUT2D eigenvalue weighted by atomic mass is 16.6. The van der Waals surface area contributed by atoms with Crippen molar-refractivity contribution in [3.63, 3.8) is 0 Å². The molecule has 2 amide bonds. The Hall–Kier alpha value is -2.86. The molecule has 2 aromatic carbocycles. The highest BCUT2D eigenvalue weighted by Gasteiger charge is 2.18. The van der Waals surface area contributed by atoms with Crippen molar-refractivity contribution in [1.29, 1.82) is 0 Å². The Morgan fingerprint density at radius 3 is 2.33 bits per heavy atom. The van der Waals surface area contributed by atoms with Gasteiger partial charge in [-0.1, -0.05) is 30.3 Å². The normalized spacial score (nSPS) is 11.5. The molecule has 1 atom stereocenters. The number of phenols is 1. The molecule has 0 bridgehead atoms. The molecule has 0 saturated carbocycles. The monoisotopic (exact) mass is 329 g/mol. The van der Waals surface area contributed by atoms with Crippen LogP contribution in [0.3, 0.4) is 0 Å². The number of hydrogen-bond donors (Lipinski definition) is 3. The number of phenolic OH excluding ortho intramolecular Hbond substituents is 1. The van der Waals surface area contributed by atoms with Gasteiger partial charge in [0.05, 0.1) is 0 Å². The Balaban J connectivity index is 2.01. The second-order valence-corrected chi connectivity index (χ2v) is 5.17. The average molecular weight is 329 g/mol. The van der Waals surface area contributed by atoms with Crippen molar-refractivity contribution in [2.24, 2.45) is 0 Å². The van der Waals surface area contributed by atoms with Crippen molar-refractivity contribution in [2.75, 3.05) is 6.61 Å². The van der Waals surface area contributed by atoms with Crippen molar-refractivity contribution in [1.82, 2.24) is 5.32 Å². The van der Waals surface area contributed by atoms with Crippen LogP contribution in [0.5, 0.6) is 5.75 Å². The van der Waals surface area contributed by atoms with Gasteiger partial charge in [-0.3, -0.25) is 10.1 Å². The lowest BCUT2D eigenvalue weighted by Crippen LogP contribution is -2.32. The van der Waals surface area contributed by atoms with E-state index in [2.05, 4.69) is 5.32 Å². The fourth-order valence-electron chi connectivity index (χ4n) is 2.17. The molecule has 0 saturated heterocycles. The number of rotatable bonds is 6. The van der Waals surface area contributed by atoms with E-state index in [1.165, 1.54) is 12.1 Å². The van der Waals surface area contributed by atoms with Crippen LogP contribution in [0.1, 0.15) is 34.9 Å². The van der Waals surface area contributed by atoms with Gasteiger partial charge in [-0.25, -0.2) is 4.79 Å². The number of aromatic hydroxyl groups is 1. The van der Waals surface area contributed by atoms with Crippen LogP contribution in [0.4, 0.5) is 4.79 Å². The van der Waals surface area contributed by atoms with Gasteiger partial charge >= 0.3 is 6.09 Å². The first kappa shape index (κ1) is 17.5. The molecule has 0 spiro atoms. The van der Waals surface area contributed by atoms with Gasteiger partial charge in [-0.15, -0.1) is 0 Å². The Morgan fingerprint density at radius 2 is 1.71 bits per heavy atom. The summed E-state index contributed by atoms with van der Waals surface area (Å²) in [6, 6.07) is 14.6. The lowest BCUT2D eigenvalue weighted by molar-refractivity contribution is 0.0770. The molecule has 24 heavy (non-hydrogen) atoms. The first-order valence-corrected chi connectivity index (χ1v) is 7.57. The number of carbonyl (C=O) groups is 2. The molecule has 6 nitrogen and oxygen atoms in total. The molecule has 0 aliphatic carbocycles. The van der Waals surface area contributed by atoms with Crippen molar-refractivity contribution >= 4 is 12.0 Å². The topological polar surface area (TPSA) is 95.9 Å². The molecule has 0 radical (unpaired) electrons. The quantitative estimate of drug-likeness (QED) is 0.757. The third-order valence-electron chi connectivity index (χ3n) is 3.39. The van der Waals surface area contributed by atoms with E-state index < -0.39 is 18.1 Å². The molecule has 3 N–H and O–H groups in total. The zero-order valence-corrected chi connectivity index (χ0v) is 13.0. The minimum absolute atomic E-state index is 0.0392. The number of nitrogens with one attached hydrogen (secondary N) is 1. The minimum atomic E-state index is -0.861. The number of aliphatic hydroxyl groups is 1. The van der Waals surface area contributed by atoms with Crippen LogP contribution in [0.2, 0.25) is 0 Å². The first-order chi connectivity index (χ1) is 11.6. The van der Waals surface area contributed by atoms with Crippen LogP contribution < -0.4 is 5.32 Å². The van der Waals surface area contributed by atoms with Crippen molar-refractivity contribution in [3.05, 3.63) is 65.7 Å². The lowest BCUT2D eigenvalue weighted by atomic mass is 10.0. The molecule has 2 rings (SSSR count). The molecular weight excluding hydrogens is 310 g/mol. The summed E-state index contributed by atoms with van der Waals surface area (Å²) in [5.74, 6) is -0.449. The van der Waals surface area contributed by atoms with Gasteiger partial charge in [0.1, 0.15) is 11.9 Å². The number of amides is 2. The number of benzene rings is 2. The van der Waals surface area contributed by atoms with Gasteiger partial charge in [-0.2, -0.15) is 0 Å². The molecule has 0 aliphatic rings. The van der Waals surface area contributed by atoms with Crippen LogP contribution in [-0.2, 0) is 4.74 Å². The summed E-state index contributed by atoms with van der Waals surface area (Å²) in [5, 5.41) is 20.5. The fraction of sp³-hybridized carbons (Fsp3) is 0.222. The summed E-state index contributed by atoms with van der Waals surface area (Å²) >= 11 is 0. The first-order valence-electron chi connectivity index (χ1n) is 7.57. The Morgan fingerprint density at radius 1 is 1.04 bits per heavy atom. The van der Waals surface area contributed by atoms with E-state index >= 15 is 0 Å². The summed E-state index contributed by atoms with van der Waals surface area (Å²) in [6.45, 7) is -0.0392. The second-order valence-electron chi connectivity index (χ2n) is 5.17. The summed E-state index contributed by atoms with van der Waals surface area (Å²) in [4.78, 5) is 23.9. The summed E-state index contributed by atoms with van der Waals surface area (Å²) in [6.07, 6.45) is -0.652. The SMILES string of the molecule is O=C(NC(=O)c1ccccc1)O[C@@H](CCCO)c1ccc(O)cc1. The molecule has 0 aromatic heterocycles. The predicted molar refractivity (Wildman–Crippen MR) is 87.6 cm³/mol. The summed E-state index contributed by atoms with van der Waals surface area (Å²) in [5.41, 5.74) is 1.02. The maximum Gasteiger partial charge on any atom is 0.414 e. The highest BCUT2D eigenvalue weighted by Crippen LogP contribution is 2.24.